The summed E-state index contributed by atoms with van der Waals surface area (Å²) >= 11 is 0. The van der Waals surface area contributed by atoms with Gasteiger partial charge in [-0.1, -0.05) is 6.07 Å². The third-order valence-electron chi connectivity index (χ3n) is 4.08. The number of hydrogen-bond donors (Lipinski definition) is 0. The number of aldehydes is 1. The number of imidazole rings is 1. The highest BCUT2D eigenvalue weighted by Gasteiger charge is 2.19. The molecule has 4 nitrogen and oxygen atoms in total. The van der Waals surface area contributed by atoms with Crippen LogP contribution in [0.2, 0.25) is 0 Å². The minimum atomic E-state index is 0.682. The Balaban J connectivity index is 1.87. The van der Waals surface area contributed by atoms with Crippen LogP contribution in [0.5, 0.6) is 0 Å². The van der Waals surface area contributed by atoms with Crippen molar-refractivity contribution in [1.82, 2.24) is 14.3 Å². The summed E-state index contributed by atoms with van der Waals surface area (Å²) in [6, 6.07) is 5.75. The maximum atomic E-state index is 11.2. The van der Waals surface area contributed by atoms with Crippen molar-refractivity contribution in [1.29, 1.82) is 0 Å². The first-order chi connectivity index (χ1) is 9.28. The van der Waals surface area contributed by atoms with E-state index in [4.69, 9.17) is 0 Å². The van der Waals surface area contributed by atoms with Crippen molar-refractivity contribution >= 4 is 11.8 Å². The van der Waals surface area contributed by atoms with E-state index in [9.17, 15) is 4.79 Å². The highest BCUT2D eigenvalue weighted by molar-refractivity contribution is 5.74. The Bertz CT molecular complexity index is 582. The van der Waals surface area contributed by atoms with E-state index in [-0.39, 0.29) is 0 Å². The molecule has 0 aromatic carbocycles. The minimum absolute atomic E-state index is 0.682. The molecule has 19 heavy (non-hydrogen) atoms. The molecule has 1 saturated heterocycles. The van der Waals surface area contributed by atoms with Crippen LogP contribution in [-0.4, -0.2) is 40.7 Å². The molecule has 1 fully saturated rings. The Morgan fingerprint density at radius 2 is 2.16 bits per heavy atom. The molecule has 3 rings (SSSR count). The standard InChI is InChI=1S/C15H19N3O/c1-17-7-5-12(6-8-17)9-15-16-10-13-3-2-4-14(11-19)18(13)15/h2-4,10-12H,5-9H2,1H3. The van der Waals surface area contributed by atoms with Crippen LogP contribution < -0.4 is 0 Å². The summed E-state index contributed by atoms with van der Waals surface area (Å²) in [4.78, 5) is 18.0. The van der Waals surface area contributed by atoms with E-state index in [0.717, 1.165) is 37.1 Å². The van der Waals surface area contributed by atoms with Crippen LogP contribution in [0.4, 0.5) is 0 Å². The Morgan fingerprint density at radius 3 is 2.89 bits per heavy atom. The van der Waals surface area contributed by atoms with Crippen LogP contribution in [-0.2, 0) is 6.42 Å². The molecule has 0 radical (unpaired) electrons. The van der Waals surface area contributed by atoms with Crippen LogP contribution >= 0.6 is 0 Å². The van der Waals surface area contributed by atoms with Crippen molar-refractivity contribution in [2.75, 3.05) is 20.1 Å². The Kier molecular flexibility index (Phi) is 3.34. The van der Waals surface area contributed by atoms with Crippen molar-refractivity contribution in [3.63, 3.8) is 0 Å². The summed E-state index contributed by atoms with van der Waals surface area (Å²) in [7, 11) is 2.17. The molecule has 0 spiro atoms. The number of carbonyl (C=O) groups excluding carboxylic acids is 1. The van der Waals surface area contributed by atoms with E-state index < -0.39 is 0 Å². The monoisotopic (exact) mass is 257 g/mol. The van der Waals surface area contributed by atoms with Crippen molar-refractivity contribution in [2.24, 2.45) is 5.92 Å². The van der Waals surface area contributed by atoms with E-state index in [2.05, 4.69) is 16.9 Å². The van der Waals surface area contributed by atoms with Gasteiger partial charge in [-0.15, -0.1) is 0 Å². The molecule has 0 saturated carbocycles. The van der Waals surface area contributed by atoms with Gasteiger partial charge in [0, 0.05) is 6.42 Å². The first kappa shape index (κ1) is 12.4. The topological polar surface area (TPSA) is 37.6 Å². The van der Waals surface area contributed by atoms with E-state index in [1.807, 2.05) is 28.8 Å². The first-order valence-electron chi connectivity index (χ1n) is 6.87. The van der Waals surface area contributed by atoms with Crippen LogP contribution in [0, 0.1) is 5.92 Å². The fraction of sp³-hybridized carbons (Fsp3) is 0.467. The van der Waals surface area contributed by atoms with E-state index in [0.29, 0.717) is 11.6 Å². The summed E-state index contributed by atoms with van der Waals surface area (Å²) in [5, 5.41) is 0. The summed E-state index contributed by atoms with van der Waals surface area (Å²) in [6.45, 7) is 2.32. The molecular formula is C15H19N3O. The molecule has 0 aliphatic carbocycles. The summed E-state index contributed by atoms with van der Waals surface area (Å²) in [6.07, 6.45) is 6.17. The van der Waals surface area contributed by atoms with Crippen molar-refractivity contribution in [3.05, 3.63) is 35.9 Å². The number of rotatable bonds is 3. The zero-order valence-corrected chi connectivity index (χ0v) is 11.2. The van der Waals surface area contributed by atoms with Crippen LogP contribution in [0.25, 0.3) is 5.52 Å². The van der Waals surface area contributed by atoms with Gasteiger partial charge in [-0.2, -0.15) is 0 Å². The van der Waals surface area contributed by atoms with Gasteiger partial charge >= 0.3 is 0 Å². The molecular weight excluding hydrogens is 238 g/mol. The molecule has 4 heteroatoms. The first-order valence-corrected chi connectivity index (χ1v) is 6.87. The maximum Gasteiger partial charge on any atom is 0.166 e. The van der Waals surface area contributed by atoms with Crippen molar-refractivity contribution < 1.29 is 4.79 Å². The quantitative estimate of drug-likeness (QED) is 0.790. The lowest BCUT2D eigenvalue weighted by Gasteiger charge is -2.28. The molecule has 2 aromatic heterocycles. The zero-order chi connectivity index (χ0) is 13.2. The second-order valence-corrected chi connectivity index (χ2v) is 5.45. The van der Waals surface area contributed by atoms with Gasteiger partial charge in [-0.25, -0.2) is 4.98 Å². The zero-order valence-electron chi connectivity index (χ0n) is 11.2. The van der Waals surface area contributed by atoms with Gasteiger partial charge in [0.05, 0.1) is 17.4 Å². The van der Waals surface area contributed by atoms with Crippen molar-refractivity contribution in [2.45, 2.75) is 19.3 Å². The number of likely N-dealkylation sites (tertiary alicyclic amines) is 1. The van der Waals surface area contributed by atoms with Gasteiger partial charge in [0.15, 0.2) is 6.29 Å². The second-order valence-electron chi connectivity index (χ2n) is 5.45. The third kappa shape index (κ3) is 2.40. The number of pyridine rings is 1. The number of piperidine rings is 1. The van der Waals surface area contributed by atoms with Crippen LogP contribution in [0.15, 0.2) is 24.4 Å². The highest BCUT2D eigenvalue weighted by Crippen LogP contribution is 2.21. The summed E-state index contributed by atoms with van der Waals surface area (Å²) in [5.41, 5.74) is 1.70. The predicted octanol–water partition coefficient (Wildman–Crippen LogP) is 2.03. The maximum absolute atomic E-state index is 11.2. The molecule has 0 atom stereocenters. The molecule has 100 valence electrons. The number of fused-ring (bicyclic) bond motifs is 1. The average Bonchev–Trinajstić information content (AvgIpc) is 2.85. The van der Waals surface area contributed by atoms with Gasteiger partial charge in [-0.05, 0) is 51.0 Å². The van der Waals surface area contributed by atoms with Gasteiger partial charge in [0.25, 0.3) is 0 Å². The largest absolute Gasteiger partial charge is 0.306 e. The normalized spacial score (nSPS) is 17.9. The third-order valence-corrected chi connectivity index (χ3v) is 4.08. The van der Waals surface area contributed by atoms with Gasteiger partial charge in [-0.3, -0.25) is 9.20 Å². The SMILES string of the molecule is CN1CCC(Cc2ncc3cccc(C=O)n23)CC1. The van der Waals surface area contributed by atoms with Gasteiger partial charge < -0.3 is 4.90 Å². The Labute approximate surface area is 113 Å². The van der Waals surface area contributed by atoms with Crippen LogP contribution in [0.3, 0.4) is 0 Å². The fourth-order valence-electron chi connectivity index (χ4n) is 2.90. The molecule has 1 aliphatic rings. The number of carbonyl (C=O) groups is 1. The highest BCUT2D eigenvalue weighted by atomic mass is 16.1. The summed E-state index contributed by atoms with van der Waals surface area (Å²) in [5.74, 6) is 1.70. The van der Waals surface area contributed by atoms with E-state index in [1.54, 1.807) is 0 Å². The predicted molar refractivity (Wildman–Crippen MR) is 74.5 cm³/mol. The summed E-state index contributed by atoms with van der Waals surface area (Å²) < 4.78 is 1.99. The molecule has 0 bridgehead atoms. The second kappa shape index (κ2) is 5.13. The molecule has 0 unspecified atom stereocenters. The van der Waals surface area contributed by atoms with E-state index in [1.165, 1.54) is 12.8 Å². The Morgan fingerprint density at radius 1 is 1.37 bits per heavy atom. The van der Waals surface area contributed by atoms with Crippen molar-refractivity contribution in [3.8, 4) is 0 Å². The van der Waals surface area contributed by atoms with Crippen LogP contribution in [0.1, 0.15) is 29.2 Å². The smallest absolute Gasteiger partial charge is 0.166 e. The van der Waals surface area contributed by atoms with Gasteiger partial charge in [0.1, 0.15) is 5.82 Å². The molecule has 0 amide bonds. The molecule has 2 aromatic rings. The number of aromatic nitrogens is 2. The number of nitrogens with zero attached hydrogens (tertiary/aromatic N) is 3. The number of hydrogen-bond acceptors (Lipinski definition) is 3. The molecule has 0 N–H and O–H groups in total. The Hall–Kier alpha value is -1.68. The average molecular weight is 257 g/mol. The lowest BCUT2D eigenvalue weighted by molar-refractivity contribution is 0.111. The minimum Gasteiger partial charge on any atom is -0.306 e. The molecule has 3 heterocycles. The lowest BCUT2D eigenvalue weighted by Crippen LogP contribution is -2.31. The van der Waals surface area contributed by atoms with E-state index >= 15 is 0 Å². The van der Waals surface area contributed by atoms with Gasteiger partial charge in [0.2, 0.25) is 0 Å². The fourth-order valence-corrected chi connectivity index (χ4v) is 2.90. The lowest BCUT2D eigenvalue weighted by atomic mass is 9.93. The molecule has 1 aliphatic heterocycles.